The summed E-state index contributed by atoms with van der Waals surface area (Å²) in [6, 6.07) is 14.2. The number of rotatable bonds is 8. The number of hydrogen-bond donors (Lipinski definition) is 0. The fourth-order valence-corrected chi connectivity index (χ4v) is 3.49. The number of anilines is 1. The van der Waals surface area contributed by atoms with E-state index in [9.17, 15) is 29.3 Å². The van der Waals surface area contributed by atoms with E-state index in [4.69, 9.17) is 13.9 Å². The quantitative estimate of drug-likeness (QED) is 0.157. The maximum Gasteiger partial charge on any atom is 0.379 e. The first kappa shape index (κ1) is 23.4. The van der Waals surface area contributed by atoms with Crippen molar-refractivity contribution in [3.63, 3.8) is 0 Å². The van der Waals surface area contributed by atoms with Gasteiger partial charge in [-0.1, -0.05) is 6.07 Å². The summed E-state index contributed by atoms with van der Waals surface area (Å²) in [5, 5.41) is 11.0. The van der Waals surface area contributed by atoms with Gasteiger partial charge in [0.2, 0.25) is 11.7 Å². The first-order valence-corrected chi connectivity index (χ1v) is 10.4. The van der Waals surface area contributed by atoms with Crippen LogP contribution in [-0.4, -0.2) is 41.7 Å². The number of esters is 2. The minimum Gasteiger partial charge on any atom is -0.457 e. The fraction of sp³-hybridized carbons (Fsp3) is 0.167. The molecule has 1 saturated heterocycles. The molecule has 35 heavy (non-hydrogen) atoms. The largest absolute Gasteiger partial charge is 0.457 e. The molecular formula is C24H18N2O9. The molecule has 4 rings (SSSR count). The highest BCUT2D eigenvalue weighted by Crippen LogP contribution is 2.28. The van der Waals surface area contributed by atoms with E-state index in [1.807, 2.05) is 0 Å². The Labute approximate surface area is 198 Å². The highest BCUT2D eigenvalue weighted by Gasteiger charge is 2.36. The van der Waals surface area contributed by atoms with Crippen molar-refractivity contribution in [1.29, 1.82) is 0 Å². The monoisotopic (exact) mass is 478 g/mol. The Hall–Kier alpha value is -4.80. The Morgan fingerprint density at radius 1 is 1.09 bits per heavy atom. The number of nitro groups is 1. The third kappa shape index (κ3) is 5.41. The number of nitro benzene ring substituents is 1. The zero-order valence-electron chi connectivity index (χ0n) is 18.1. The number of ketones is 1. The van der Waals surface area contributed by atoms with Crippen molar-refractivity contribution >= 4 is 35.0 Å². The molecule has 0 aliphatic carbocycles. The molecule has 0 radical (unpaired) electrons. The van der Waals surface area contributed by atoms with Gasteiger partial charge in [0.25, 0.3) is 5.69 Å². The molecule has 2 heterocycles. The van der Waals surface area contributed by atoms with E-state index >= 15 is 0 Å². The van der Waals surface area contributed by atoms with Crippen LogP contribution in [0.2, 0.25) is 0 Å². The third-order valence-corrected chi connectivity index (χ3v) is 5.27. The van der Waals surface area contributed by atoms with Crippen LogP contribution in [-0.2, 0) is 14.3 Å². The predicted octanol–water partition coefficient (Wildman–Crippen LogP) is 3.19. The Kier molecular flexibility index (Phi) is 6.67. The van der Waals surface area contributed by atoms with Gasteiger partial charge in [-0.15, -0.1) is 0 Å². The number of benzene rings is 2. The highest BCUT2D eigenvalue weighted by molar-refractivity contribution is 6.01. The van der Waals surface area contributed by atoms with Crippen molar-refractivity contribution in [1.82, 2.24) is 0 Å². The van der Waals surface area contributed by atoms with Gasteiger partial charge in [0.1, 0.15) is 5.75 Å². The zero-order valence-corrected chi connectivity index (χ0v) is 18.1. The molecule has 2 aromatic carbocycles. The van der Waals surface area contributed by atoms with Crippen molar-refractivity contribution in [2.24, 2.45) is 5.92 Å². The van der Waals surface area contributed by atoms with Crippen LogP contribution >= 0.6 is 0 Å². The van der Waals surface area contributed by atoms with Crippen LogP contribution < -0.4 is 9.64 Å². The van der Waals surface area contributed by atoms with Crippen LogP contribution in [0, 0.1) is 16.0 Å². The van der Waals surface area contributed by atoms with Crippen LogP contribution in [0.5, 0.6) is 5.75 Å². The van der Waals surface area contributed by atoms with Crippen molar-refractivity contribution in [2.75, 3.05) is 18.1 Å². The molecule has 178 valence electrons. The average molecular weight is 478 g/mol. The van der Waals surface area contributed by atoms with Gasteiger partial charge in [0, 0.05) is 30.7 Å². The van der Waals surface area contributed by atoms with Crippen molar-refractivity contribution in [3.8, 4) is 5.75 Å². The highest BCUT2D eigenvalue weighted by atomic mass is 16.6. The molecule has 1 aliphatic heterocycles. The molecule has 0 spiro atoms. The number of furan rings is 1. The van der Waals surface area contributed by atoms with E-state index < -0.39 is 35.2 Å². The molecule has 0 N–H and O–H groups in total. The minimum atomic E-state index is -0.807. The van der Waals surface area contributed by atoms with Crippen LogP contribution in [0.1, 0.15) is 27.3 Å². The number of carbonyl (C=O) groups excluding carboxylic acids is 4. The van der Waals surface area contributed by atoms with Gasteiger partial charge in [0.05, 0.1) is 22.8 Å². The van der Waals surface area contributed by atoms with Gasteiger partial charge in [-0.3, -0.25) is 24.5 Å². The van der Waals surface area contributed by atoms with Gasteiger partial charge < -0.3 is 18.8 Å². The Bertz CT molecular complexity index is 1280. The maximum absolute atomic E-state index is 12.4. The Morgan fingerprint density at radius 3 is 2.54 bits per heavy atom. The molecule has 1 atom stereocenters. The lowest BCUT2D eigenvalue weighted by molar-refractivity contribution is -0.384. The Balaban J connectivity index is 1.30. The van der Waals surface area contributed by atoms with Gasteiger partial charge in [0.15, 0.2) is 12.4 Å². The smallest absolute Gasteiger partial charge is 0.379 e. The van der Waals surface area contributed by atoms with Crippen molar-refractivity contribution < 1.29 is 38.0 Å². The lowest BCUT2D eigenvalue weighted by Gasteiger charge is -2.16. The first-order chi connectivity index (χ1) is 16.8. The summed E-state index contributed by atoms with van der Waals surface area (Å²) in [7, 11) is 0. The molecule has 11 nitrogen and oxygen atoms in total. The molecule has 11 heteroatoms. The topological polar surface area (TPSA) is 146 Å². The van der Waals surface area contributed by atoms with Crippen molar-refractivity contribution in [2.45, 2.75) is 6.42 Å². The molecule has 0 unspecified atom stereocenters. The molecule has 0 saturated carbocycles. The molecule has 1 fully saturated rings. The summed E-state index contributed by atoms with van der Waals surface area (Å²) < 4.78 is 15.2. The fourth-order valence-electron chi connectivity index (χ4n) is 3.49. The number of nitrogens with zero attached hydrogens (tertiary/aromatic N) is 2. The summed E-state index contributed by atoms with van der Waals surface area (Å²) in [6.07, 6.45) is 1.21. The molecule has 1 aromatic heterocycles. The zero-order chi connectivity index (χ0) is 24.9. The normalized spacial score (nSPS) is 15.0. The second kappa shape index (κ2) is 10.00. The Morgan fingerprint density at radius 2 is 1.86 bits per heavy atom. The van der Waals surface area contributed by atoms with Gasteiger partial charge in [-0.25, -0.2) is 4.79 Å². The first-order valence-electron chi connectivity index (χ1n) is 10.4. The van der Waals surface area contributed by atoms with Crippen LogP contribution in [0.4, 0.5) is 11.4 Å². The van der Waals surface area contributed by atoms with Gasteiger partial charge >= 0.3 is 11.9 Å². The minimum absolute atomic E-state index is 0.0112. The lowest BCUT2D eigenvalue weighted by Crippen LogP contribution is -2.27. The maximum atomic E-state index is 12.4. The molecule has 3 aromatic rings. The molecule has 0 bridgehead atoms. The number of Topliss-reactive ketones (excluding diaryl/α,β-unsaturated/α-hetero) is 1. The van der Waals surface area contributed by atoms with E-state index in [1.165, 1.54) is 65.8 Å². The molecule has 1 aliphatic rings. The van der Waals surface area contributed by atoms with Crippen LogP contribution in [0.25, 0.3) is 0 Å². The number of ether oxygens (including phenoxy) is 2. The number of hydrogen-bond acceptors (Lipinski definition) is 9. The van der Waals surface area contributed by atoms with Gasteiger partial charge in [-0.2, -0.15) is 0 Å². The molecular weight excluding hydrogens is 460 g/mol. The summed E-state index contributed by atoms with van der Waals surface area (Å²) in [6.45, 7) is -0.547. The van der Waals surface area contributed by atoms with E-state index in [0.29, 0.717) is 5.69 Å². The van der Waals surface area contributed by atoms with E-state index in [-0.39, 0.29) is 41.6 Å². The van der Waals surface area contributed by atoms with Crippen LogP contribution in [0.3, 0.4) is 0 Å². The second-order valence-corrected chi connectivity index (χ2v) is 7.60. The summed E-state index contributed by atoms with van der Waals surface area (Å²) in [5.41, 5.74) is 0.369. The molecule has 1 amide bonds. The SMILES string of the molecule is O=C(COC(=O)[C@H]1CC(=O)N(c2cccc([N+](=O)[O-])c2)C1)c1ccc(OC(=O)c2ccco2)cc1. The summed E-state index contributed by atoms with van der Waals surface area (Å²) >= 11 is 0. The third-order valence-electron chi connectivity index (χ3n) is 5.27. The number of amides is 1. The van der Waals surface area contributed by atoms with E-state index in [2.05, 4.69) is 0 Å². The standard InChI is InChI=1S/C24H18N2O9/c27-20(15-6-8-19(9-7-15)35-24(30)21-5-2-10-33-21)14-34-23(29)16-11-22(28)25(13-16)17-3-1-4-18(12-17)26(31)32/h1-10,12,16H,11,13-14H2/t16-/m0/s1. The lowest BCUT2D eigenvalue weighted by atomic mass is 10.1. The number of carbonyl (C=O) groups is 4. The van der Waals surface area contributed by atoms with Gasteiger partial charge in [-0.05, 0) is 42.5 Å². The van der Waals surface area contributed by atoms with E-state index in [1.54, 1.807) is 6.07 Å². The average Bonchev–Trinajstić information content (AvgIpc) is 3.53. The second-order valence-electron chi connectivity index (χ2n) is 7.60. The number of non-ortho nitro benzene ring substituents is 1. The predicted molar refractivity (Wildman–Crippen MR) is 119 cm³/mol. The van der Waals surface area contributed by atoms with E-state index in [0.717, 1.165) is 0 Å². The summed E-state index contributed by atoms with van der Waals surface area (Å²) in [5.74, 6) is -2.84. The van der Waals surface area contributed by atoms with Crippen molar-refractivity contribution in [3.05, 3.63) is 88.4 Å². The van der Waals surface area contributed by atoms with Crippen LogP contribution in [0.15, 0.2) is 71.3 Å². The summed E-state index contributed by atoms with van der Waals surface area (Å²) in [4.78, 5) is 60.8.